The Morgan fingerprint density at radius 3 is 3.25 bits per heavy atom. The Hall–Kier alpha value is -1.62. The number of ether oxygens (including phenoxy) is 1. The van der Waals surface area contributed by atoms with Crippen LogP contribution in [-0.4, -0.2) is 24.1 Å². The molecule has 0 saturated carbocycles. The fourth-order valence-corrected chi connectivity index (χ4v) is 1.78. The zero-order valence-electron chi connectivity index (χ0n) is 9.25. The van der Waals surface area contributed by atoms with E-state index in [1.54, 1.807) is 13.0 Å². The highest BCUT2D eigenvalue weighted by molar-refractivity contribution is 5.94. The number of nitrogens with one attached hydrogen (secondary N) is 1. The van der Waals surface area contributed by atoms with Gasteiger partial charge in [-0.2, -0.15) is 0 Å². The molecule has 0 saturated heterocycles. The van der Waals surface area contributed by atoms with Crippen molar-refractivity contribution in [2.45, 2.75) is 19.9 Å². The summed E-state index contributed by atoms with van der Waals surface area (Å²) in [5.74, 6) is -0.139. The van der Waals surface area contributed by atoms with Gasteiger partial charge in [0.25, 0.3) is 0 Å². The number of rotatable bonds is 2. The minimum absolute atomic E-state index is 0.263. The third kappa shape index (κ3) is 1.99. The number of esters is 1. The zero-order chi connectivity index (χ0) is 11.5. The lowest BCUT2D eigenvalue weighted by molar-refractivity contribution is 0.0527. The van der Waals surface area contributed by atoms with Crippen LogP contribution >= 0.6 is 0 Å². The predicted octanol–water partition coefficient (Wildman–Crippen LogP) is 0.486. The second-order valence-electron chi connectivity index (χ2n) is 3.67. The summed E-state index contributed by atoms with van der Waals surface area (Å²) >= 11 is 0. The van der Waals surface area contributed by atoms with Crippen LogP contribution in [0.4, 0.5) is 5.82 Å². The van der Waals surface area contributed by atoms with Crippen LogP contribution in [0.3, 0.4) is 0 Å². The van der Waals surface area contributed by atoms with Gasteiger partial charge in [-0.05, 0) is 18.6 Å². The van der Waals surface area contributed by atoms with Crippen LogP contribution in [0.5, 0.6) is 0 Å². The molecule has 5 nitrogen and oxygen atoms in total. The molecular weight excluding hydrogens is 206 g/mol. The number of nitrogen functional groups attached to an aromatic ring is 1. The molecule has 2 heterocycles. The smallest absolute Gasteiger partial charge is 0.341 e. The van der Waals surface area contributed by atoms with E-state index in [0.29, 0.717) is 12.2 Å². The lowest BCUT2D eigenvalue weighted by atomic mass is 10.0. The van der Waals surface area contributed by atoms with Gasteiger partial charge in [0.2, 0.25) is 0 Å². The number of hydrogen-bond donors (Lipinski definition) is 2. The number of anilines is 1. The van der Waals surface area contributed by atoms with Crippen LogP contribution < -0.4 is 11.1 Å². The van der Waals surface area contributed by atoms with Crippen LogP contribution in [-0.2, 0) is 17.7 Å². The Morgan fingerprint density at radius 2 is 2.50 bits per heavy atom. The molecule has 0 spiro atoms. The molecule has 1 aliphatic rings. The standard InChI is InChI=1S/C11H15N3O2/c1-2-16-11(15)8-5-7-6-13-4-3-9(7)14-10(8)12/h5,13H,2-4,6H2,1H3,(H2,12,14). The molecule has 5 heteroatoms. The molecule has 3 N–H and O–H groups in total. The Morgan fingerprint density at radius 1 is 1.69 bits per heavy atom. The van der Waals surface area contributed by atoms with Crippen LogP contribution in [0.15, 0.2) is 6.07 Å². The first-order valence-corrected chi connectivity index (χ1v) is 5.38. The van der Waals surface area contributed by atoms with Gasteiger partial charge in [0.15, 0.2) is 0 Å². The highest BCUT2D eigenvalue weighted by Gasteiger charge is 2.18. The van der Waals surface area contributed by atoms with E-state index >= 15 is 0 Å². The van der Waals surface area contributed by atoms with Crippen molar-refractivity contribution in [1.29, 1.82) is 0 Å². The number of carbonyl (C=O) groups is 1. The number of hydrogen-bond acceptors (Lipinski definition) is 5. The molecule has 0 unspecified atom stereocenters. The molecular formula is C11H15N3O2. The van der Waals surface area contributed by atoms with Crippen molar-refractivity contribution in [1.82, 2.24) is 10.3 Å². The molecule has 1 aromatic heterocycles. The fraction of sp³-hybridized carbons (Fsp3) is 0.455. The Kier molecular flexibility index (Phi) is 3.05. The lowest BCUT2D eigenvalue weighted by Gasteiger charge is -2.17. The average Bonchev–Trinajstić information content (AvgIpc) is 2.28. The molecule has 0 fully saturated rings. The summed E-state index contributed by atoms with van der Waals surface area (Å²) in [7, 11) is 0. The molecule has 1 aromatic rings. The van der Waals surface area contributed by atoms with Crippen molar-refractivity contribution in [3.8, 4) is 0 Å². The first-order chi connectivity index (χ1) is 7.72. The van der Waals surface area contributed by atoms with Crippen LogP contribution in [0, 0.1) is 0 Å². The number of fused-ring (bicyclic) bond motifs is 1. The topological polar surface area (TPSA) is 77.2 Å². The summed E-state index contributed by atoms with van der Waals surface area (Å²) in [6.07, 6.45) is 0.850. The molecule has 0 radical (unpaired) electrons. The molecule has 2 rings (SSSR count). The molecule has 0 aromatic carbocycles. The van der Waals surface area contributed by atoms with Crippen molar-refractivity contribution in [3.05, 3.63) is 22.9 Å². The fourth-order valence-electron chi connectivity index (χ4n) is 1.78. The molecule has 1 aliphatic heterocycles. The maximum Gasteiger partial charge on any atom is 0.341 e. The number of carbonyl (C=O) groups excluding carboxylic acids is 1. The normalized spacial score (nSPS) is 14.3. The highest BCUT2D eigenvalue weighted by atomic mass is 16.5. The van der Waals surface area contributed by atoms with Gasteiger partial charge >= 0.3 is 5.97 Å². The van der Waals surface area contributed by atoms with Crippen molar-refractivity contribution in [3.63, 3.8) is 0 Å². The van der Waals surface area contributed by atoms with Crippen molar-refractivity contribution in [2.24, 2.45) is 0 Å². The first kappa shape index (κ1) is 10.9. The van der Waals surface area contributed by atoms with Crippen LogP contribution in [0.25, 0.3) is 0 Å². The third-order valence-corrected chi connectivity index (χ3v) is 2.57. The Bertz CT molecular complexity index is 418. The maximum absolute atomic E-state index is 11.6. The van der Waals surface area contributed by atoms with Gasteiger partial charge in [-0.25, -0.2) is 9.78 Å². The van der Waals surface area contributed by atoms with Crippen molar-refractivity contribution < 1.29 is 9.53 Å². The van der Waals surface area contributed by atoms with Gasteiger partial charge in [0, 0.05) is 25.2 Å². The summed E-state index contributed by atoms with van der Waals surface area (Å²) in [6.45, 7) is 3.74. The van der Waals surface area contributed by atoms with E-state index in [9.17, 15) is 4.79 Å². The summed E-state index contributed by atoms with van der Waals surface area (Å²) in [5, 5.41) is 3.23. The summed E-state index contributed by atoms with van der Waals surface area (Å²) in [4.78, 5) is 15.8. The van der Waals surface area contributed by atoms with Crippen LogP contribution in [0.1, 0.15) is 28.5 Å². The lowest BCUT2D eigenvalue weighted by Crippen LogP contribution is -2.26. The summed E-state index contributed by atoms with van der Waals surface area (Å²) in [5.41, 5.74) is 8.12. The van der Waals surface area contributed by atoms with E-state index in [4.69, 9.17) is 10.5 Å². The largest absolute Gasteiger partial charge is 0.462 e. The van der Waals surface area contributed by atoms with Crippen molar-refractivity contribution >= 4 is 11.8 Å². The number of pyridine rings is 1. The molecule has 16 heavy (non-hydrogen) atoms. The highest BCUT2D eigenvalue weighted by Crippen LogP contribution is 2.18. The minimum Gasteiger partial charge on any atom is -0.462 e. The van der Waals surface area contributed by atoms with E-state index in [0.717, 1.165) is 30.8 Å². The monoisotopic (exact) mass is 221 g/mol. The molecule has 0 atom stereocenters. The van der Waals surface area contributed by atoms with E-state index in [2.05, 4.69) is 10.3 Å². The average molecular weight is 221 g/mol. The second-order valence-corrected chi connectivity index (χ2v) is 3.67. The number of nitrogens with two attached hydrogens (primary N) is 1. The van der Waals surface area contributed by atoms with E-state index in [1.165, 1.54) is 0 Å². The van der Waals surface area contributed by atoms with Gasteiger partial charge < -0.3 is 15.8 Å². The van der Waals surface area contributed by atoms with Crippen LogP contribution in [0.2, 0.25) is 0 Å². The van der Waals surface area contributed by atoms with E-state index < -0.39 is 5.97 Å². The van der Waals surface area contributed by atoms with E-state index in [-0.39, 0.29) is 5.82 Å². The third-order valence-electron chi connectivity index (χ3n) is 2.57. The van der Waals surface area contributed by atoms with E-state index in [1.807, 2.05) is 0 Å². The maximum atomic E-state index is 11.6. The minimum atomic E-state index is -0.402. The molecule has 86 valence electrons. The summed E-state index contributed by atoms with van der Waals surface area (Å²) in [6, 6.07) is 1.78. The second kappa shape index (κ2) is 4.49. The van der Waals surface area contributed by atoms with Crippen molar-refractivity contribution in [2.75, 3.05) is 18.9 Å². The summed E-state index contributed by atoms with van der Waals surface area (Å²) < 4.78 is 4.92. The van der Waals surface area contributed by atoms with Gasteiger partial charge in [0.05, 0.1) is 6.61 Å². The van der Waals surface area contributed by atoms with Gasteiger partial charge in [-0.3, -0.25) is 0 Å². The SMILES string of the molecule is CCOC(=O)c1cc2c(nc1N)CCNC2. The predicted molar refractivity (Wildman–Crippen MR) is 60.0 cm³/mol. The van der Waals surface area contributed by atoms with Gasteiger partial charge in [-0.15, -0.1) is 0 Å². The zero-order valence-corrected chi connectivity index (χ0v) is 9.25. The molecule has 0 bridgehead atoms. The van der Waals surface area contributed by atoms with Gasteiger partial charge in [0.1, 0.15) is 11.4 Å². The van der Waals surface area contributed by atoms with Gasteiger partial charge in [-0.1, -0.05) is 0 Å². The number of nitrogens with zero attached hydrogens (tertiary/aromatic N) is 1. The Labute approximate surface area is 94.0 Å². The molecule has 0 amide bonds. The quantitative estimate of drug-likeness (QED) is 0.710. The molecule has 0 aliphatic carbocycles. The first-order valence-electron chi connectivity index (χ1n) is 5.38. The number of aromatic nitrogens is 1. The Balaban J connectivity index is 2.35.